The maximum Gasteiger partial charge on any atom is 0.287 e. The van der Waals surface area contributed by atoms with E-state index in [2.05, 4.69) is 5.32 Å². The van der Waals surface area contributed by atoms with Gasteiger partial charge in [-0.15, -0.1) is 0 Å². The molecule has 1 saturated carbocycles. The van der Waals surface area contributed by atoms with Crippen LogP contribution in [0.1, 0.15) is 29.0 Å². The first-order chi connectivity index (χ1) is 9.54. The van der Waals surface area contributed by atoms with E-state index in [9.17, 15) is 15.0 Å². The van der Waals surface area contributed by atoms with Crippen molar-refractivity contribution in [3.8, 4) is 0 Å². The maximum absolute atomic E-state index is 12.1. The van der Waals surface area contributed by atoms with Crippen molar-refractivity contribution in [1.82, 2.24) is 5.32 Å². The van der Waals surface area contributed by atoms with E-state index >= 15 is 0 Å². The number of fused-ring (bicyclic) bond motifs is 1. The van der Waals surface area contributed by atoms with Crippen molar-refractivity contribution < 1.29 is 19.4 Å². The Kier molecular flexibility index (Phi) is 3.23. The Morgan fingerprint density at radius 1 is 1.30 bits per heavy atom. The predicted molar refractivity (Wildman–Crippen MR) is 73.5 cm³/mol. The number of hydrogen-bond acceptors (Lipinski definition) is 4. The van der Waals surface area contributed by atoms with Crippen LogP contribution in [0.5, 0.6) is 0 Å². The van der Waals surface area contributed by atoms with Crippen LogP contribution in [-0.2, 0) is 0 Å². The van der Waals surface area contributed by atoms with E-state index < -0.39 is 18.2 Å². The molecule has 0 saturated heterocycles. The molecule has 20 heavy (non-hydrogen) atoms. The molecule has 1 fully saturated rings. The van der Waals surface area contributed by atoms with Crippen molar-refractivity contribution >= 4 is 16.9 Å². The van der Waals surface area contributed by atoms with Gasteiger partial charge in [0, 0.05) is 5.39 Å². The van der Waals surface area contributed by atoms with Crippen LogP contribution in [-0.4, -0.2) is 34.4 Å². The average molecular weight is 275 g/mol. The van der Waals surface area contributed by atoms with Gasteiger partial charge in [-0.05, 0) is 38.0 Å². The minimum atomic E-state index is -0.912. The summed E-state index contributed by atoms with van der Waals surface area (Å²) in [5, 5.41) is 22.8. The molecule has 1 aliphatic rings. The molecule has 3 rings (SSSR count). The molecule has 1 aromatic carbocycles. The van der Waals surface area contributed by atoms with E-state index in [-0.39, 0.29) is 11.7 Å². The van der Waals surface area contributed by atoms with Crippen LogP contribution in [0.4, 0.5) is 0 Å². The predicted octanol–water partition coefficient (Wildman–Crippen LogP) is 1.36. The van der Waals surface area contributed by atoms with Gasteiger partial charge >= 0.3 is 0 Å². The van der Waals surface area contributed by atoms with Crippen molar-refractivity contribution in [2.75, 3.05) is 0 Å². The Bertz CT molecular complexity index is 648. The third-order valence-corrected chi connectivity index (χ3v) is 3.79. The van der Waals surface area contributed by atoms with Gasteiger partial charge in [-0.3, -0.25) is 4.79 Å². The smallest absolute Gasteiger partial charge is 0.287 e. The first-order valence-electron chi connectivity index (χ1n) is 6.72. The lowest BCUT2D eigenvalue weighted by atomic mass is 10.2. The van der Waals surface area contributed by atoms with Gasteiger partial charge in [0.1, 0.15) is 11.7 Å². The molecule has 0 radical (unpaired) electrons. The molecule has 1 aromatic heterocycles. The van der Waals surface area contributed by atoms with E-state index in [1.54, 1.807) is 6.07 Å². The molecular weight excluding hydrogens is 258 g/mol. The van der Waals surface area contributed by atoms with Gasteiger partial charge in [0.15, 0.2) is 5.76 Å². The van der Waals surface area contributed by atoms with Gasteiger partial charge in [-0.25, -0.2) is 0 Å². The van der Waals surface area contributed by atoms with Crippen molar-refractivity contribution in [2.45, 2.75) is 38.0 Å². The molecule has 3 atom stereocenters. The molecule has 5 nitrogen and oxygen atoms in total. The third kappa shape index (κ3) is 2.30. The zero-order valence-electron chi connectivity index (χ0n) is 11.2. The molecule has 5 heteroatoms. The summed E-state index contributed by atoms with van der Waals surface area (Å²) >= 11 is 0. The molecule has 0 unspecified atom stereocenters. The minimum absolute atomic E-state index is 0.221. The lowest BCUT2D eigenvalue weighted by Crippen LogP contribution is -2.42. The molecule has 3 N–H and O–H groups in total. The number of carbonyl (C=O) groups excluding carboxylic acids is 1. The lowest BCUT2D eigenvalue weighted by Gasteiger charge is -2.17. The molecule has 0 bridgehead atoms. The van der Waals surface area contributed by atoms with Crippen molar-refractivity contribution in [3.63, 3.8) is 0 Å². The third-order valence-electron chi connectivity index (χ3n) is 3.79. The first kappa shape index (κ1) is 13.1. The average Bonchev–Trinajstić information content (AvgIpc) is 2.96. The van der Waals surface area contributed by atoms with Gasteiger partial charge in [-0.2, -0.15) is 0 Å². The quantitative estimate of drug-likeness (QED) is 0.772. The molecule has 0 spiro atoms. The van der Waals surface area contributed by atoms with Gasteiger partial charge in [0.25, 0.3) is 5.91 Å². The summed E-state index contributed by atoms with van der Waals surface area (Å²) in [4.78, 5) is 12.1. The largest absolute Gasteiger partial charge is 0.451 e. The Morgan fingerprint density at radius 3 is 2.80 bits per heavy atom. The molecule has 0 aliphatic heterocycles. The fraction of sp³-hybridized carbons (Fsp3) is 0.400. The number of aliphatic hydroxyl groups is 2. The topological polar surface area (TPSA) is 82.7 Å². The van der Waals surface area contributed by atoms with Crippen LogP contribution in [0, 0.1) is 6.92 Å². The Hall–Kier alpha value is -1.85. The number of aliphatic hydroxyl groups excluding tert-OH is 2. The van der Waals surface area contributed by atoms with Crippen LogP contribution in [0.2, 0.25) is 0 Å². The normalized spacial score (nSPS) is 26.1. The molecule has 1 heterocycles. The highest BCUT2D eigenvalue weighted by atomic mass is 16.3. The zero-order chi connectivity index (χ0) is 14.3. The zero-order valence-corrected chi connectivity index (χ0v) is 11.2. The molecule has 106 valence electrons. The number of nitrogens with one attached hydrogen (secondary N) is 1. The Balaban J connectivity index is 1.79. The monoisotopic (exact) mass is 275 g/mol. The van der Waals surface area contributed by atoms with Gasteiger partial charge in [0.2, 0.25) is 0 Å². The number of aryl methyl sites for hydroxylation is 1. The van der Waals surface area contributed by atoms with Crippen LogP contribution in [0.15, 0.2) is 28.7 Å². The summed E-state index contributed by atoms with van der Waals surface area (Å²) in [6, 6.07) is 6.96. The summed E-state index contributed by atoms with van der Waals surface area (Å²) in [6.07, 6.45) is -0.622. The number of amides is 1. The summed E-state index contributed by atoms with van der Waals surface area (Å²) in [5.74, 6) is -0.142. The highest BCUT2D eigenvalue weighted by Gasteiger charge is 2.34. The second kappa shape index (κ2) is 4.92. The number of benzene rings is 1. The molecule has 1 aliphatic carbocycles. The van der Waals surface area contributed by atoms with Crippen molar-refractivity contribution in [1.29, 1.82) is 0 Å². The molecular formula is C15H17NO4. The van der Waals surface area contributed by atoms with Crippen LogP contribution < -0.4 is 5.32 Å². The number of hydrogen-bond donors (Lipinski definition) is 3. The van der Waals surface area contributed by atoms with Crippen molar-refractivity contribution in [2.24, 2.45) is 0 Å². The van der Waals surface area contributed by atoms with E-state index in [0.717, 1.165) is 10.9 Å². The second-order valence-electron chi connectivity index (χ2n) is 5.37. The van der Waals surface area contributed by atoms with E-state index in [1.807, 2.05) is 25.1 Å². The second-order valence-corrected chi connectivity index (χ2v) is 5.37. The number of carbonyl (C=O) groups is 1. The van der Waals surface area contributed by atoms with Gasteiger partial charge < -0.3 is 19.9 Å². The van der Waals surface area contributed by atoms with E-state index in [4.69, 9.17) is 4.42 Å². The fourth-order valence-electron chi connectivity index (χ4n) is 2.63. The van der Waals surface area contributed by atoms with E-state index in [1.165, 1.54) is 0 Å². The minimum Gasteiger partial charge on any atom is -0.451 e. The number of rotatable bonds is 2. The van der Waals surface area contributed by atoms with Crippen LogP contribution in [0.25, 0.3) is 11.0 Å². The van der Waals surface area contributed by atoms with Crippen LogP contribution in [0.3, 0.4) is 0 Å². The summed E-state index contributed by atoms with van der Waals surface area (Å²) in [7, 11) is 0. The first-order valence-corrected chi connectivity index (χ1v) is 6.72. The van der Waals surface area contributed by atoms with E-state index in [0.29, 0.717) is 18.4 Å². The lowest BCUT2D eigenvalue weighted by molar-refractivity contribution is 0.0294. The SMILES string of the molecule is Cc1ccc2oc(C(=O)N[C@@H]3CC[C@@H](O)[C@@H]3O)cc2c1. The summed E-state index contributed by atoms with van der Waals surface area (Å²) in [6.45, 7) is 1.97. The highest BCUT2D eigenvalue weighted by Crippen LogP contribution is 2.23. The summed E-state index contributed by atoms with van der Waals surface area (Å²) < 4.78 is 5.50. The Morgan fingerprint density at radius 2 is 2.10 bits per heavy atom. The number of furan rings is 1. The Labute approximate surface area is 116 Å². The maximum atomic E-state index is 12.1. The standard InChI is InChI=1S/C15H17NO4/c1-8-2-5-12-9(6-8)7-13(20-12)15(19)16-10-3-4-11(17)14(10)18/h2,5-7,10-11,14,17-18H,3-4H2,1H3,(H,16,19)/t10-,11-,14-/m1/s1. The fourth-order valence-corrected chi connectivity index (χ4v) is 2.63. The summed E-state index contributed by atoms with van der Waals surface area (Å²) in [5.41, 5.74) is 1.76. The van der Waals surface area contributed by atoms with Gasteiger partial charge in [-0.1, -0.05) is 11.6 Å². The molecule has 2 aromatic rings. The molecule has 1 amide bonds. The highest BCUT2D eigenvalue weighted by molar-refractivity contribution is 5.96. The van der Waals surface area contributed by atoms with Crippen molar-refractivity contribution in [3.05, 3.63) is 35.6 Å². The van der Waals surface area contributed by atoms with Gasteiger partial charge in [0.05, 0.1) is 12.1 Å². The van der Waals surface area contributed by atoms with Crippen LogP contribution >= 0.6 is 0 Å².